The van der Waals surface area contributed by atoms with E-state index < -0.39 is 0 Å². The Bertz CT molecular complexity index is 462. The minimum absolute atomic E-state index is 0.165. The van der Waals surface area contributed by atoms with Crippen LogP contribution >= 0.6 is 0 Å². The van der Waals surface area contributed by atoms with Crippen molar-refractivity contribution >= 4 is 5.97 Å². The molecule has 0 aromatic rings. The zero-order valence-corrected chi connectivity index (χ0v) is 15.2. The van der Waals surface area contributed by atoms with Crippen LogP contribution in [0.5, 0.6) is 0 Å². The van der Waals surface area contributed by atoms with Crippen LogP contribution in [0.1, 0.15) is 52.4 Å². The van der Waals surface area contributed by atoms with Crippen LogP contribution in [0.4, 0.5) is 0 Å². The second-order valence-corrected chi connectivity index (χ2v) is 5.11. The minimum Gasteiger partial charge on any atom is -0.466 e. The first-order valence-corrected chi connectivity index (χ1v) is 8.83. The van der Waals surface area contributed by atoms with Crippen molar-refractivity contribution in [2.24, 2.45) is 0 Å². The Balaban J connectivity index is 3.56. The van der Waals surface area contributed by atoms with Gasteiger partial charge in [-0.2, -0.15) is 0 Å². The minimum atomic E-state index is -0.165. The van der Waals surface area contributed by atoms with Gasteiger partial charge in [0.15, 0.2) is 0 Å². The molecular weight excluding hydrogens is 296 g/mol. The second kappa shape index (κ2) is 19.0. The van der Waals surface area contributed by atoms with Gasteiger partial charge in [0, 0.05) is 0 Å². The fourth-order valence-corrected chi connectivity index (χ4v) is 1.79. The smallest absolute Gasteiger partial charge is 0.309 e. The van der Waals surface area contributed by atoms with Gasteiger partial charge in [0.1, 0.15) is 0 Å². The quantitative estimate of drug-likeness (QED) is 0.295. The summed E-state index contributed by atoms with van der Waals surface area (Å²) in [4.78, 5) is 11.1. The molecule has 24 heavy (non-hydrogen) atoms. The standard InChI is InChI=1S/C22H32O2/c1-3-5-6-7-8-9-10-11-12-13-14-15-16-17-18-19-20-21-22(23)24-4-2/h3,5,7-8,10-11,13-14,16-17,19-20H,4,6,9,12,15,18,21H2,1-2H3/b5-3-,8-7-,11-10-,14-13-,17-16-,20-19-. The van der Waals surface area contributed by atoms with Gasteiger partial charge in [0.05, 0.1) is 13.0 Å². The zero-order chi connectivity index (χ0) is 17.7. The topological polar surface area (TPSA) is 26.3 Å². The van der Waals surface area contributed by atoms with Crippen molar-refractivity contribution in [2.45, 2.75) is 52.4 Å². The molecule has 2 nitrogen and oxygen atoms in total. The fourth-order valence-electron chi connectivity index (χ4n) is 1.79. The molecule has 0 aliphatic rings. The molecule has 0 fully saturated rings. The third-order valence-electron chi connectivity index (χ3n) is 3.02. The van der Waals surface area contributed by atoms with Crippen LogP contribution in [-0.4, -0.2) is 12.6 Å². The van der Waals surface area contributed by atoms with E-state index in [-0.39, 0.29) is 5.97 Å². The highest BCUT2D eigenvalue weighted by Crippen LogP contribution is 1.96. The van der Waals surface area contributed by atoms with Crippen LogP contribution in [0.25, 0.3) is 0 Å². The molecule has 0 saturated heterocycles. The van der Waals surface area contributed by atoms with Crippen LogP contribution in [0.3, 0.4) is 0 Å². The maximum Gasteiger partial charge on any atom is 0.309 e. The Labute approximate surface area is 148 Å². The Morgan fingerprint density at radius 3 is 1.42 bits per heavy atom. The number of carbonyl (C=O) groups excluding carboxylic acids is 1. The number of esters is 1. The Morgan fingerprint density at radius 1 is 0.667 bits per heavy atom. The average Bonchev–Trinajstić information content (AvgIpc) is 2.58. The van der Waals surface area contributed by atoms with Gasteiger partial charge in [0.25, 0.3) is 0 Å². The Hall–Kier alpha value is -2.09. The molecule has 0 aliphatic carbocycles. The zero-order valence-electron chi connectivity index (χ0n) is 15.2. The predicted octanol–water partition coefficient (Wildman–Crippen LogP) is 6.25. The van der Waals surface area contributed by atoms with Gasteiger partial charge >= 0.3 is 5.97 Å². The van der Waals surface area contributed by atoms with E-state index in [1.807, 2.05) is 26.0 Å². The summed E-state index contributed by atoms with van der Waals surface area (Å²) in [5.41, 5.74) is 0. The summed E-state index contributed by atoms with van der Waals surface area (Å²) in [7, 11) is 0. The first-order chi connectivity index (χ1) is 11.8. The molecule has 0 bridgehead atoms. The van der Waals surface area contributed by atoms with Gasteiger partial charge < -0.3 is 4.74 Å². The lowest BCUT2D eigenvalue weighted by Gasteiger charge is -1.95. The lowest BCUT2D eigenvalue weighted by Crippen LogP contribution is -2.01. The summed E-state index contributed by atoms with van der Waals surface area (Å²) in [5.74, 6) is -0.165. The Morgan fingerprint density at radius 2 is 1.04 bits per heavy atom. The molecule has 0 heterocycles. The molecule has 0 unspecified atom stereocenters. The molecular formula is C22H32O2. The largest absolute Gasteiger partial charge is 0.466 e. The van der Waals surface area contributed by atoms with E-state index in [2.05, 4.69) is 60.8 Å². The molecule has 0 aliphatic heterocycles. The molecule has 0 aromatic carbocycles. The van der Waals surface area contributed by atoms with Crippen LogP contribution in [-0.2, 0) is 9.53 Å². The highest BCUT2D eigenvalue weighted by atomic mass is 16.5. The number of hydrogen-bond acceptors (Lipinski definition) is 2. The molecule has 0 saturated carbocycles. The van der Waals surface area contributed by atoms with Crippen molar-refractivity contribution in [3.8, 4) is 0 Å². The third-order valence-corrected chi connectivity index (χ3v) is 3.02. The summed E-state index contributed by atoms with van der Waals surface area (Å²) in [6.07, 6.45) is 30.6. The summed E-state index contributed by atoms with van der Waals surface area (Å²) in [5, 5.41) is 0. The molecule has 0 aromatic heterocycles. The highest BCUT2D eigenvalue weighted by molar-refractivity contribution is 5.71. The molecule has 2 heteroatoms. The van der Waals surface area contributed by atoms with Crippen molar-refractivity contribution in [3.05, 3.63) is 72.9 Å². The molecule has 0 amide bonds. The number of rotatable bonds is 13. The van der Waals surface area contributed by atoms with Gasteiger partial charge in [-0.3, -0.25) is 4.79 Å². The van der Waals surface area contributed by atoms with Crippen molar-refractivity contribution < 1.29 is 9.53 Å². The molecule has 0 radical (unpaired) electrons. The first-order valence-electron chi connectivity index (χ1n) is 8.83. The van der Waals surface area contributed by atoms with Gasteiger partial charge in [0.2, 0.25) is 0 Å². The van der Waals surface area contributed by atoms with Gasteiger partial charge in [-0.05, 0) is 46.0 Å². The fraction of sp³-hybridized carbons (Fsp3) is 0.409. The number of ether oxygens (including phenoxy) is 1. The van der Waals surface area contributed by atoms with E-state index in [0.717, 1.165) is 32.1 Å². The number of hydrogen-bond donors (Lipinski definition) is 0. The van der Waals surface area contributed by atoms with E-state index in [4.69, 9.17) is 4.74 Å². The molecule has 132 valence electrons. The molecule has 0 spiro atoms. The molecule has 0 rings (SSSR count). The van der Waals surface area contributed by atoms with Crippen molar-refractivity contribution in [3.63, 3.8) is 0 Å². The number of carbonyl (C=O) groups is 1. The third kappa shape index (κ3) is 18.0. The average molecular weight is 328 g/mol. The van der Waals surface area contributed by atoms with Crippen molar-refractivity contribution in [1.82, 2.24) is 0 Å². The monoisotopic (exact) mass is 328 g/mol. The first kappa shape index (κ1) is 21.9. The van der Waals surface area contributed by atoms with Gasteiger partial charge in [-0.25, -0.2) is 0 Å². The van der Waals surface area contributed by atoms with Crippen LogP contribution < -0.4 is 0 Å². The highest BCUT2D eigenvalue weighted by Gasteiger charge is 1.94. The molecule has 0 atom stereocenters. The van der Waals surface area contributed by atoms with Crippen molar-refractivity contribution in [1.29, 1.82) is 0 Å². The summed E-state index contributed by atoms with van der Waals surface area (Å²) >= 11 is 0. The maximum atomic E-state index is 11.1. The van der Waals surface area contributed by atoms with Crippen molar-refractivity contribution in [2.75, 3.05) is 6.61 Å². The molecule has 0 N–H and O–H groups in total. The SMILES string of the molecule is C/C=C\C/C=C\C/C=C\C/C=C\C/C=C\C/C=C\CC(=O)OCC. The van der Waals surface area contributed by atoms with E-state index in [0.29, 0.717) is 13.0 Å². The summed E-state index contributed by atoms with van der Waals surface area (Å²) < 4.78 is 4.84. The second-order valence-electron chi connectivity index (χ2n) is 5.11. The van der Waals surface area contributed by atoms with E-state index in [9.17, 15) is 4.79 Å². The summed E-state index contributed by atoms with van der Waals surface area (Å²) in [6.45, 7) is 4.30. The van der Waals surface area contributed by atoms with E-state index in [1.54, 1.807) is 0 Å². The van der Waals surface area contributed by atoms with Gasteiger partial charge in [-0.1, -0.05) is 72.9 Å². The van der Waals surface area contributed by atoms with E-state index in [1.165, 1.54) is 0 Å². The number of allylic oxidation sites excluding steroid dienone is 11. The lowest BCUT2D eigenvalue weighted by molar-refractivity contribution is -0.142. The maximum absolute atomic E-state index is 11.1. The summed E-state index contributed by atoms with van der Waals surface area (Å²) in [6, 6.07) is 0. The normalized spacial score (nSPS) is 12.9. The predicted molar refractivity (Wildman–Crippen MR) is 105 cm³/mol. The van der Waals surface area contributed by atoms with Gasteiger partial charge in [-0.15, -0.1) is 0 Å². The van der Waals surface area contributed by atoms with Crippen LogP contribution in [0.15, 0.2) is 72.9 Å². The van der Waals surface area contributed by atoms with Crippen LogP contribution in [0, 0.1) is 0 Å². The Kier molecular flexibility index (Phi) is 17.3. The van der Waals surface area contributed by atoms with Crippen LogP contribution in [0.2, 0.25) is 0 Å². The van der Waals surface area contributed by atoms with E-state index >= 15 is 0 Å². The lowest BCUT2D eigenvalue weighted by atomic mass is 10.2.